The van der Waals surface area contributed by atoms with E-state index in [-0.39, 0.29) is 42.2 Å². The minimum Gasteiger partial charge on any atom is -0.390 e. The highest BCUT2D eigenvalue weighted by molar-refractivity contribution is 5.81. The van der Waals surface area contributed by atoms with Gasteiger partial charge in [-0.25, -0.2) is 8.78 Å². The summed E-state index contributed by atoms with van der Waals surface area (Å²) in [6.45, 7) is 0.544. The number of carbonyl (C=O) groups is 1. The van der Waals surface area contributed by atoms with E-state index in [9.17, 15) is 37.0 Å². The molecule has 8 heteroatoms. The first-order chi connectivity index (χ1) is 17.8. The fourth-order valence-electron chi connectivity index (χ4n) is 7.39. The highest BCUT2D eigenvalue weighted by Crippen LogP contribution is 2.58. The third-order valence-corrected chi connectivity index (χ3v) is 9.53. The normalized spacial score (nSPS) is 32.5. The molecule has 2 aromatic rings. The molecule has 2 unspecified atom stereocenters. The highest BCUT2D eigenvalue weighted by atomic mass is 19.4. The molecule has 38 heavy (non-hydrogen) atoms. The summed E-state index contributed by atoms with van der Waals surface area (Å²) in [4.78, 5) is 13.1. The molecule has 0 aliphatic heterocycles. The molecule has 0 amide bonds. The van der Waals surface area contributed by atoms with E-state index in [0.29, 0.717) is 44.6 Å². The van der Waals surface area contributed by atoms with E-state index < -0.39 is 35.0 Å². The van der Waals surface area contributed by atoms with Crippen molar-refractivity contribution in [2.75, 3.05) is 0 Å². The molecule has 0 spiro atoms. The maximum absolute atomic E-state index is 14.8. The van der Waals surface area contributed by atoms with Gasteiger partial charge in [-0.15, -0.1) is 0 Å². The molecule has 2 aromatic carbocycles. The number of halogens is 5. The summed E-state index contributed by atoms with van der Waals surface area (Å²) in [6, 6.07) is 10.4. The summed E-state index contributed by atoms with van der Waals surface area (Å²) in [5.74, 6) is -0.586. The molecular weight excluding hydrogens is 503 g/mol. The van der Waals surface area contributed by atoms with Gasteiger partial charge in [0.05, 0.1) is 12.2 Å². The predicted octanol–water partition coefficient (Wildman–Crippen LogP) is 6.12. The lowest BCUT2D eigenvalue weighted by Gasteiger charge is -2.44. The van der Waals surface area contributed by atoms with Gasteiger partial charge in [-0.2, -0.15) is 13.2 Å². The van der Waals surface area contributed by atoms with E-state index in [1.165, 1.54) is 24.3 Å². The SMILES string of the molecule is CC(F)(c1ccc2c(c1)CC[C@H]1[C@H](CC(=O)C3C[C@@H](O)[C@@H](O)C3)CC[C@@]21Cc1ccc(F)cc1)C(F)(F)F. The molecule has 0 heterocycles. The molecule has 2 saturated carbocycles. The Hall–Kier alpha value is -2.32. The number of ketones is 1. The van der Waals surface area contributed by atoms with Gasteiger partial charge in [-0.1, -0.05) is 30.3 Å². The van der Waals surface area contributed by atoms with Crippen LogP contribution in [0.5, 0.6) is 0 Å². The summed E-state index contributed by atoms with van der Waals surface area (Å²) in [5, 5.41) is 19.8. The molecule has 5 rings (SSSR count). The zero-order chi connectivity index (χ0) is 27.5. The monoisotopic (exact) mass is 536 g/mol. The standard InChI is InChI=1S/C30H33F5O3/c1-28(32,30(33,34)35)21-5-9-24-18(12-21)4-8-23-19(13-25(36)20-14-26(37)27(38)15-20)10-11-29(23,24)16-17-2-6-22(31)7-3-17/h2-3,5-7,9,12,19-20,23,26-27,37-38H,4,8,10-11,13-16H2,1H3/t19-,20?,23-,26-,27+,28?,29-/m0/s1. The molecule has 0 aromatic heterocycles. The number of aliphatic hydroxyl groups is 2. The molecule has 206 valence electrons. The van der Waals surface area contributed by atoms with Crippen LogP contribution in [0.2, 0.25) is 0 Å². The first-order valence-corrected chi connectivity index (χ1v) is 13.3. The van der Waals surface area contributed by atoms with Gasteiger partial charge in [0.2, 0.25) is 5.67 Å². The van der Waals surface area contributed by atoms with Gasteiger partial charge < -0.3 is 10.2 Å². The topological polar surface area (TPSA) is 57.5 Å². The van der Waals surface area contributed by atoms with E-state index >= 15 is 0 Å². The van der Waals surface area contributed by atoms with Crippen molar-refractivity contribution in [2.24, 2.45) is 17.8 Å². The number of Topliss-reactive ketones (excluding diaryl/α,β-unsaturated/α-hetero) is 1. The number of hydrogen-bond donors (Lipinski definition) is 2. The Morgan fingerprint density at radius 3 is 2.29 bits per heavy atom. The number of carbonyl (C=O) groups excluding carboxylic acids is 1. The second-order valence-electron chi connectivity index (χ2n) is 11.7. The van der Waals surface area contributed by atoms with Crippen molar-refractivity contribution in [1.29, 1.82) is 0 Å². The summed E-state index contributed by atoms with van der Waals surface area (Å²) in [5.41, 5.74) is -1.86. The average Bonchev–Trinajstić information content (AvgIpc) is 3.39. The van der Waals surface area contributed by atoms with Crippen molar-refractivity contribution in [2.45, 2.75) is 87.8 Å². The molecule has 0 bridgehead atoms. The van der Waals surface area contributed by atoms with Crippen LogP contribution in [0, 0.1) is 23.6 Å². The maximum atomic E-state index is 14.8. The minimum absolute atomic E-state index is 0.0303. The van der Waals surface area contributed by atoms with Crippen LogP contribution in [0.25, 0.3) is 0 Å². The fourth-order valence-corrected chi connectivity index (χ4v) is 7.39. The van der Waals surface area contributed by atoms with Gasteiger partial charge in [0.25, 0.3) is 0 Å². The molecule has 3 aliphatic carbocycles. The van der Waals surface area contributed by atoms with Crippen LogP contribution in [0.15, 0.2) is 42.5 Å². The van der Waals surface area contributed by atoms with Crippen LogP contribution in [0.3, 0.4) is 0 Å². The number of rotatable bonds is 6. The number of benzene rings is 2. The number of hydrogen-bond acceptors (Lipinski definition) is 3. The van der Waals surface area contributed by atoms with E-state index in [4.69, 9.17) is 0 Å². The van der Waals surface area contributed by atoms with Crippen molar-refractivity contribution in [3.05, 3.63) is 70.5 Å². The Labute approximate surface area is 219 Å². The lowest BCUT2D eigenvalue weighted by Crippen LogP contribution is -2.41. The Kier molecular flexibility index (Phi) is 6.96. The quantitative estimate of drug-likeness (QED) is 0.438. The summed E-state index contributed by atoms with van der Waals surface area (Å²) >= 11 is 0. The van der Waals surface area contributed by atoms with E-state index in [2.05, 4.69) is 0 Å². The Morgan fingerprint density at radius 1 is 1.00 bits per heavy atom. The lowest BCUT2D eigenvalue weighted by atomic mass is 9.60. The number of aryl methyl sites for hydroxylation is 1. The third-order valence-electron chi connectivity index (χ3n) is 9.53. The van der Waals surface area contributed by atoms with Gasteiger partial charge in [0.1, 0.15) is 11.6 Å². The van der Waals surface area contributed by atoms with Crippen molar-refractivity contribution in [3.63, 3.8) is 0 Å². The molecule has 0 saturated heterocycles. The molecule has 3 aliphatic rings. The third kappa shape index (κ3) is 4.68. The van der Waals surface area contributed by atoms with Gasteiger partial charge in [-0.05, 0) is 98.1 Å². The summed E-state index contributed by atoms with van der Waals surface area (Å²) < 4.78 is 68.8. The van der Waals surface area contributed by atoms with Crippen molar-refractivity contribution in [1.82, 2.24) is 0 Å². The van der Waals surface area contributed by atoms with E-state index in [1.54, 1.807) is 18.2 Å². The van der Waals surface area contributed by atoms with E-state index in [0.717, 1.165) is 17.5 Å². The fraction of sp³-hybridized carbons (Fsp3) is 0.567. The number of aliphatic hydroxyl groups excluding tert-OH is 2. The van der Waals surface area contributed by atoms with Crippen LogP contribution in [-0.2, 0) is 28.7 Å². The van der Waals surface area contributed by atoms with Crippen LogP contribution in [0.1, 0.15) is 67.7 Å². The molecule has 7 atom stereocenters. The van der Waals surface area contributed by atoms with Crippen LogP contribution < -0.4 is 0 Å². The van der Waals surface area contributed by atoms with Crippen LogP contribution in [-0.4, -0.2) is 34.4 Å². The minimum atomic E-state index is -5.04. The molecule has 2 N–H and O–H groups in total. The summed E-state index contributed by atoms with van der Waals surface area (Å²) in [7, 11) is 0. The lowest BCUT2D eigenvalue weighted by molar-refractivity contribution is -0.228. The maximum Gasteiger partial charge on any atom is 0.426 e. The zero-order valence-electron chi connectivity index (χ0n) is 21.3. The molecule has 0 radical (unpaired) electrons. The van der Waals surface area contributed by atoms with Gasteiger partial charge in [0.15, 0.2) is 0 Å². The first kappa shape index (κ1) is 27.3. The molecular formula is C30H33F5O3. The number of alkyl halides is 4. The zero-order valence-corrected chi connectivity index (χ0v) is 21.3. The molecule has 2 fully saturated rings. The Bertz CT molecular complexity index is 1180. The van der Waals surface area contributed by atoms with Gasteiger partial charge in [-0.3, -0.25) is 4.79 Å². The Morgan fingerprint density at radius 2 is 1.66 bits per heavy atom. The Balaban J connectivity index is 1.48. The average molecular weight is 537 g/mol. The second-order valence-corrected chi connectivity index (χ2v) is 11.7. The largest absolute Gasteiger partial charge is 0.426 e. The number of fused-ring (bicyclic) bond motifs is 3. The van der Waals surface area contributed by atoms with Crippen LogP contribution in [0.4, 0.5) is 22.0 Å². The summed E-state index contributed by atoms with van der Waals surface area (Å²) in [6.07, 6.45) is -2.84. The van der Waals surface area contributed by atoms with Crippen LogP contribution >= 0.6 is 0 Å². The predicted molar refractivity (Wildman–Crippen MR) is 132 cm³/mol. The second kappa shape index (κ2) is 9.70. The van der Waals surface area contributed by atoms with Gasteiger partial charge in [0, 0.05) is 17.8 Å². The van der Waals surface area contributed by atoms with E-state index in [1.807, 2.05) is 0 Å². The van der Waals surface area contributed by atoms with Crippen molar-refractivity contribution < 1.29 is 37.0 Å². The molecule has 3 nitrogen and oxygen atoms in total. The first-order valence-electron chi connectivity index (χ1n) is 13.3. The van der Waals surface area contributed by atoms with Gasteiger partial charge >= 0.3 is 6.18 Å². The van der Waals surface area contributed by atoms with Crippen molar-refractivity contribution in [3.8, 4) is 0 Å². The highest BCUT2D eigenvalue weighted by Gasteiger charge is 2.55. The smallest absolute Gasteiger partial charge is 0.390 e. The van der Waals surface area contributed by atoms with Crippen molar-refractivity contribution >= 4 is 5.78 Å².